The molecule has 0 spiro atoms. The molecule has 3 N–H and O–H groups in total. The van der Waals surface area contributed by atoms with Gasteiger partial charge in [0.1, 0.15) is 6.07 Å². The number of anilines is 4. The average molecular weight is 591 g/mol. The first-order valence-electron chi connectivity index (χ1n) is 13.0. The Balaban J connectivity index is 1.82. The number of hydrogen-bond donors (Lipinski definition) is 3. The number of nitrogens with one attached hydrogen (secondary N) is 3. The number of carbonyl (C=O) groups is 1. The Labute approximate surface area is 246 Å². The molecule has 2 heterocycles. The van der Waals surface area contributed by atoms with Crippen molar-refractivity contribution in [2.75, 3.05) is 49.8 Å². The van der Waals surface area contributed by atoms with E-state index in [-0.39, 0.29) is 34.3 Å². The van der Waals surface area contributed by atoms with Gasteiger partial charge in [0.2, 0.25) is 11.9 Å². The lowest BCUT2D eigenvalue weighted by atomic mass is 10.1. The van der Waals surface area contributed by atoms with Gasteiger partial charge in [0.05, 0.1) is 34.5 Å². The molecule has 0 bridgehead atoms. The van der Waals surface area contributed by atoms with E-state index in [1.165, 1.54) is 36.6 Å². The van der Waals surface area contributed by atoms with E-state index in [1.807, 2.05) is 43.3 Å². The van der Waals surface area contributed by atoms with Crippen molar-refractivity contribution in [3.05, 3.63) is 79.2 Å². The highest BCUT2D eigenvalue weighted by Crippen LogP contribution is 2.40. The normalized spacial score (nSPS) is 11.5. The van der Waals surface area contributed by atoms with Crippen LogP contribution in [-0.2, 0) is 4.79 Å². The van der Waals surface area contributed by atoms with Crippen LogP contribution in [0.4, 0.5) is 36.2 Å². The molecule has 43 heavy (non-hydrogen) atoms. The number of allylic oxidation sites excluding steroid dienone is 2. The first-order chi connectivity index (χ1) is 20.5. The van der Waals surface area contributed by atoms with Crippen LogP contribution in [0.2, 0.25) is 0 Å². The van der Waals surface area contributed by atoms with E-state index in [1.54, 1.807) is 18.1 Å². The molecule has 13 heteroatoms. The first-order valence-corrected chi connectivity index (χ1v) is 13.0. The minimum absolute atomic E-state index is 0.0937. The number of aromatic nitrogens is 3. The zero-order valence-corrected chi connectivity index (χ0v) is 23.7. The fraction of sp³-hybridized carbons (Fsp3) is 0.200. The number of benzene rings is 2. The lowest BCUT2D eigenvalue weighted by Crippen LogP contribution is -2.29. The lowest BCUT2D eigenvalue weighted by Gasteiger charge is -2.26. The summed E-state index contributed by atoms with van der Waals surface area (Å²) in [6.45, 7) is 4.56. The molecule has 0 radical (unpaired) electrons. The summed E-state index contributed by atoms with van der Waals surface area (Å²) in [7, 11) is 5.42. The number of alkyl halides is 3. The number of para-hydroxylation sites is 1. The molecule has 10 nitrogen and oxygen atoms in total. The molecule has 0 fully saturated rings. The van der Waals surface area contributed by atoms with Gasteiger partial charge in [-0.15, -0.1) is 13.2 Å². The van der Waals surface area contributed by atoms with Crippen molar-refractivity contribution in [2.24, 2.45) is 0 Å². The van der Waals surface area contributed by atoms with Gasteiger partial charge in [0.25, 0.3) is 0 Å². The highest BCUT2D eigenvalue weighted by atomic mass is 19.4. The maximum Gasteiger partial charge on any atom is 0.573 e. The summed E-state index contributed by atoms with van der Waals surface area (Å²) in [5.74, 6) is -1.18. The fourth-order valence-electron chi connectivity index (χ4n) is 4.21. The summed E-state index contributed by atoms with van der Waals surface area (Å²) in [6.07, 6.45) is 2.04. The van der Waals surface area contributed by atoms with Crippen molar-refractivity contribution in [1.82, 2.24) is 19.9 Å². The molecule has 0 aliphatic carbocycles. The number of nitriles is 1. The Morgan fingerprint density at radius 1 is 1.19 bits per heavy atom. The van der Waals surface area contributed by atoms with Gasteiger partial charge in [-0.3, -0.25) is 4.79 Å². The van der Waals surface area contributed by atoms with Crippen LogP contribution in [0.1, 0.15) is 5.56 Å². The summed E-state index contributed by atoms with van der Waals surface area (Å²) in [5.41, 5.74) is 2.20. The molecule has 4 rings (SSSR count). The van der Waals surface area contributed by atoms with Crippen molar-refractivity contribution >= 4 is 39.8 Å². The monoisotopic (exact) mass is 590 g/mol. The van der Waals surface area contributed by atoms with E-state index in [9.17, 15) is 23.2 Å². The van der Waals surface area contributed by atoms with Crippen LogP contribution in [-0.4, -0.2) is 66.4 Å². The van der Waals surface area contributed by atoms with Crippen molar-refractivity contribution in [1.29, 1.82) is 5.26 Å². The quantitative estimate of drug-likeness (QED) is 0.148. The van der Waals surface area contributed by atoms with Crippen LogP contribution in [0, 0.1) is 11.3 Å². The molecule has 0 aliphatic rings. The Bertz CT molecular complexity index is 1710. The number of H-pyrrole nitrogens is 1. The van der Waals surface area contributed by atoms with Gasteiger partial charge in [-0.2, -0.15) is 5.26 Å². The zero-order chi connectivity index (χ0) is 31.1. The molecular weight excluding hydrogens is 561 g/mol. The number of rotatable bonds is 11. The second-order valence-corrected chi connectivity index (χ2v) is 9.66. The van der Waals surface area contributed by atoms with Gasteiger partial charge < -0.3 is 30.2 Å². The van der Waals surface area contributed by atoms with Crippen molar-refractivity contribution in [2.45, 2.75) is 6.36 Å². The maximum absolute atomic E-state index is 13.6. The van der Waals surface area contributed by atoms with Crippen LogP contribution in [0.5, 0.6) is 5.75 Å². The van der Waals surface area contributed by atoms with E-state index in [0.717, 1.165) is 10.9 Å². The number of fused-ring (bicyclic) bond motifs is 1. The first kappa shape index (κ1) is 30.6. The predicted molar refractivity (Wildman–Crippen MR) is 160 cm³/mol. The third kappa shape index (κ3) is 7.69. The van der Waals surface area contributed by atoms with Gasteiger partial charge in [0, 0.05) is 54.9 Å². The summed E-state index contributed by atoms with van der Waals surface area (Å²) in [5, 5.41) is 16.0. The van der Waals surface area contributed by atoms with E-state index < -0.39 is 18.0 Å². The summed E-state index contributed by atoms with van der Waals surface area (Å²) in [6, 6.07) is 12.0. The molecular formula is C30H29F3N8O2. The molecule has 222 valence electrons. The standard InChI is InChI=1S/C30H29F3N8O2/c1-5-6-11-27(42)37-23-14-24(26(43-30(31,32)33)15-25(23)41(4)13-12-40(2)3)38-29-36-17-19(16-34)28(39-29)21-18-35-22-10-8-7-9-20(21)22/h5-11,14-15,17-18,35H,1,12-13H2,2-4H3,(H,37,42)(H,36,38,39)/b11-6+. The Kier molecular flexibility index (Phi) is 9.32. The fourth-order valence-corrected chi connectivity index (χ4v) is 4.21. The molecule has 0 unspecified atom stereocenters. The number of halogens is 3. The number of amides is 1. The second kappa shape index (κ2) is 13.1. The number of ether oxygens (including phenoxy) is 1. The number of carbonyl (C=O) groups excluding carboxylic acids is 1. The third-order valence-corrected chi connectivity index (χ3v) is 6.26. The topological polar surface area (TPSA) is 122 Å². The molecule has 0 atom stereocenters. The second-order valence-electron chi connectivity index (χ2n) is 9.66. The van der Waals surface area contributed by atoms with Gasteiger partial charge in [-0.05, 0) is 26.2 Å². The van der Waals surface area contributed by atoms with Crippen LogP contribution in [0.3, 0.4) is 0 Å². The summed E-state index contributed by atoms with van der Waals surface area (Å²) >= 11 is 0. The molecule has 2 aromatic heterocycles. The molecule has 0 saturated carbocycles. The highest BCUT2D eigenvalue weighted by Gasteiger charge is 2.33. The Morgan fingerprint density at radius 2 is 1.95 bits per heavy atom. The van der Waals surface area contributed by atoms with Gasteiger partial charge in [-0.25, -0.2) is 9.97 Å². The SMILES string of the molecule is C=C/C=C/C(=O)Nc1cc(Nc2ncc(C#N)c(-c3c[nH]c4ccccc34)n2)c(OC(F)(F)F)cc1N(C)CCN(C)C. The largest absolute Gasteiger partial charge is 0.573 e. The molecule has 0 saturated heterocycles. The van der Waals surface area contributed by atoms with Crippen LogP contribution >= 0.6 is 0 Å². The van der Waals surface area contributed by atoms with Gasteiger partial charge >= 0.3 is 6.36 Å². The Morgan fingerprint density at radius 3 is 2.65 bits per heavy atom. The van der Waals surface area contributed by atoms with Gasteiger partial charge in [-0.1, -0.05) is 36.9 Å². The number of likely N-dealkylation sites (N-methyl/N-ethyl adjacent to an activating group) is 2. The van der Waals surface area contributed by atoms with Crippen molar-refractivity contribution in [3.63, 3.8) is 0 Å². The zero-order valence-electron chi connectivity index (χ0n) is 23.7. The van der Waals surface area contributed by atoms with E-state index in [2.05, 4.69) is 43.0 Å². The van der Waals surface area contributed by atoms with Gasteiger partial charge in [0.15, 0.2) is 5.75 Å². The smallest absolute Gasteiger partial charge is 0.403 e. The van der Waals surface area contributed by atoms with Crippen molar-refractivity contribution < 1.29 is 22.7 Å². The molecule has 4 aromatic rings. The maximum atomic E-state index is 13.6. The number of nitrogens with zero attached hydrogens (tertiary/aromatic N) is 5. The van der Waals surface area contributed by atoms with Crippen LogP contribution in [0.25, 0.3) is 22.2 Å². The minimum atomic E-state index is -5.02. The average Bonchev–Trinajstić information content (AvgIpc) is 3.39. The van der Waals surface area contributed by atoms with E-state index in [0.29, 0.717) is 18.7 Å². The lowest BCUT2D eigenvalue weighted by molar-refractivity contribution is -0.274. The molecule has 2 aromatic carbocycles. The van der Waals surface area contributed by atoms with Crippen LogP contribution in [0.15, 0.2) is 73.6 Å². The Hall–Kier alpha value is -5.35. The third-order valence-electron chi connectivity index (χ3n) is 6.26. The number of aromatic amines is 1. The molecule has 1 amide bonds. The highest BCUT2D eigenvalue weighted by molar-refractivity contribution is 6.02. The number of hydrogen-bond acceptors (Lipinski definition) is 8. The predicted octanol–water partition coefficient (Wildman–Crippen LogP) is 5.82. The summed E-state index contributed by atoms with van der Waals surface area (Å²) in [4.78, 5) is 28.0. The summed E-state index contributed by atoms with van der Waals surface area (Å²) < 4.78 is 45.1. The van der Waals surface area contributed by atoms with E-state index >= 15 is 0 Å². The van der Waals surface area contributed by atoms with Crippen molar-refractivity contribution in [3.8, 4) is 23.1 Å². The van der Waals surface area contributed by atoms with Crippen LogP contribution < -0.4 is 20.3 Å². The minimum Gasteiger partial charge on any atom is -0.403 e. The molecule has 0 aliphatic heterocycles. The van der Waals surface area contributed by atoms with E-state index in [4.69, 9.17) is 0 Å².